The van der Waals surface area contributed by atoms with Gasteiger partial charge in [-0.2, -0.15) is 0 Å². The van der Waals surface area contributed by atoms with Crippen LogP contribution in [0.5, 0.6) is 0 Å². The van der Waals surface area contributed by atoms with Crippen molar-refractivity contribution in [1.29, 1.82) is 0 Å². The SMILES string of the molecule is CC(C)CN1C(=O)CC(N)C1c1ccc(F)cc1Cl. The molecule has 0 bridgehead atoms. The van der Waals surface area contributed by atoms with Gasteiger partial charge in [0.2, 0.25) is 5.91 Å². The van der Waals surface area contributed by atoms with E-state index in [0.29, 0.717) is 23.9 Å². The molecule has 0 aliphatic carbocycles. The molecule has 1 aromatic rings. The number of hydrogen-bond acceptors (Lipinski definition) is 2. The highest BCUT2D eigenvalue weighted by Crippen LogP contribution is 2.36. The molecule has 1 fully saturated rings. The summed E-state index contributed by atoms with van der Waals surface area (Å²) < 4.78 is 13.1. The molecule has 1 aromatic carbocycles. The lowest BCUT2D eigenvalue weighted by atomic mass is 10.00. The van der Waals surface area contributed by atoms with Gasteiger partial charge in [-0.15, -0.1) is 0 Å². The minimum atomic E-state index is -0.387. The molecule has 0 saturated carbocycles. The lowest BCUT2D eigenvalue weighted by molar-refractivity contribution is -0.129. The van der Waals surface area contributed by atoms with E-state index in [1.54, 1.807) is 11.0 Å². The molecule has 0 aromatic heterocycles. The maximum absolute atomic E-state index is 13.1. The fourth-order valence-electron chi connectivity index (χ4n) is 2.57. The molecule has 1 saturated heterocycles. The van der Waals surface area contributed by atoms with Gasteiger partial charge in [0.1, 0.15) is 5.82 Å². The molecule has 2 rings (SSSR count). The van der Waals surface area contributed by atoms with Gasteiger partial charge >= 0.3 is 0 Å². The van der Waals surface area contributed by atoms with Crippen molar-refractivity contribution >= 4 is 17.5 Å². The van der Waals surface area contributed by atoms with Crippen molar-refractivity contribution in [1.82, 2.24) is 4.90 Å². The third-order valence-electron chi connectivity index (χ3n) is 3.31. The number of halogens is 2. The topological polar surface area (TPSA) is 46.3 Å². The Morgan fingerprint density at radius 1 is 1.53 bits per heavy atom. The zero-order valence-corrected chi connectivity index (χ0v) is 11.8. The van der Waals surface area contributed by atoms with Crippen LogP contribution in [0.15, 0.2) is 18.2 Å². The van der Waals surface area contributed by atoms with Crippen molar-refractivity contribution in [3.8, 4) is 0 Å². The summed E-state index contributed by atoms with van der Waals surface area (Å²) in [6.45, 7) is 4.71. The fourth-order valence-corrected chi connectivity index (χ4v) is 2.84. The molecule has 19 heavy (non-hydrogen) atoms. The summed E-state index contributed by atoms with van der Waals surface area (Å²) in [6, 6.07) is 3.68. The number of amides is 1. The van der Waals surface area contributed by atoms with Crippen LogP contribution in [0, 0.1) is 11.7 Å². The van der Waals surface area contributed by atoms with E-state index >= 15 is 0 Å². The molecule has 1 aliphatic rings. The van der Waals surface area contributed by atoms with Gasteiger partial charge < -0.3 is 10.6 Å². The van der Waals surface area contributed by atoms with Crippen molar-refractivity contribution in [2.75, 3.05) is 6.54 Å². The van der Waals surface area contributed by atoms with Crippen molar-refractivity contribution in [2.24, 2.45) is 11.7 Å². The smallest absolute Gasteiger partial charge is 0.224 e. The van der Waals surface area contributed by atoms with Crippen LogP contribution in [0.2, 0.25) is 5.02 Å². The molecule has 0 spiro atoms. The van der Waals surface area contributed by atoms with E-state index in [1.165, 1.54) is 12.1 Å². The average molecular weight is 285 g/mol. The van der Waals surface area contributed by atoms with Gasteiger partial charge in [-0.3, -0.25) is 4.79 Å². The van der Waals surface area contributed by atoms with Crippen molar-refractivity contribution in [3.05, 3.63) is 34.6 Å². The summed E-state index contributed by atoms with van der Waals surface area (Å²) >= 11 is 6.09. The van der Waals surface area contributed by atoms with Crippen molar-refractivity contribution in [3.63, 3.8) is 0 Å². The summed E-state index contributed by atoms with van der Waals surface area (Å²) in [4.78, 5) is 13.8. The highest BCUT2D eigenvalue weighted by Gasteiger charge is 2.39. The molecule has 2 unspecified atom stereocenters. The molecular formula is C14H18ClFN2O. The first-order valence-electron chi connectivity index (χ1n) is 6.40. The van der Waals surface area contributed by atoms with Gasteiger partial charge in [0.05, 0.1) is 6.04 Å². The highest BCUT2D eigenvalue weighted by molar-refractivity contribution is 6.31. The standard InChI is InChI=1S/C14H18ClFN2O/c1-8(2)7-18-13(19)6-12(17)14(18)10-4-3-9(16)5-11(10)15/h3-5,8,12,14H,6-7,17H2,1-2H3. The van der Waals surface area contributed by atoms with E-state index < -0.39 is 0 Å². The minimum absolute atomic E-state index is 0.0339. The molecule has 2 N–H and O–H groups in total. The molecule has 1 heterocycles. The van der Waals surface area contributed by atoms with Crippen LogP contribution in [-0.2, 0) is 4.79 Å². The molecule has 1 aliphatic heterocycles. The normalized spacial score (nSPS) is 23.5. The monoisotopic (exact) mass is 284 g/mol. The Balaban J connectivity index is 2.36. The number of nitrogens with two attached hydrogens (primary N) is 1. The average Bonchev–Trinajstić information content (AvgIpc) is 2.54. The fraction of sp³-hybridized carbons (Fsp3) is 0.500. The Morgan fingerprint density at radius 3 is 2.79 bits per heavy atom. The van der Waals surface area contributed by atoms with Crippen LogP contribution in [0.1, 0.15) is 31.9 Å². The zero-order chi connectivity index (χ0) is 14.2. The van der Waals surface area contributed by atoms with Crippen LogP contribution in [0.3, 0.4) is 0 Å². The second-order valence-electron chi connectivity index (χ2n) is 5.42. The second kappa shape index (κ2) is 5.47. The van der Waals surface area contributed by atoms with Gasteiger partial charge in [-0.05, 0) is 23.6 Å². The van der Waals surface area contributed by atoms with Crippen molar-refractivity contribution in [2.45, 2.75) is 32.4 Å². The first-order valence-corrected chi connectivity index (χ1v) is 6.78. The molecule has 104 valence electrons. The van der Waals surface area contributed by atoms with E-state index in [1.807, 2.05) is 13.8 Å². The van der Waals surface area contributed by atoms with E-state index in [2.05, 4.69) is 0 Å². The number of hydrogen-bond donors (Lipinski definition) is 1. The second-order valence-corrected chi connectivity index (χ2v) is 5.83. The molecule has 2 atom stereocenters. The molecule has 5 heteroatoms. The van der Waals surface area contributed by atoms with E-state index in [9.17, 15) is 9.18 Å². The quantitative estimate of drug-likeness (QED) is 0.928. The predicted molar refractivity (Wildman–Crippen MR) is 73.3 cm³/mol. The number of carbonyl (C=O) groups excluding carboxylic acids is 1. The van der Waals surface area contributed by atoms with E-state index in [4.69, 9.17) is 17.3 Å². The Bertz CT molecular complexity index is 492. The van der Waals surface area contributed by atoms with Gasteiger partial charge in [0.25, 0.3) is 0 Å². The number of rotatable bonds is 3. The predicted octanol–water partition coefficient (Wildman–Crippen LogP) is 2.74. The maximum Gasteiger partial charge on any atom is 0.224 e. The molecular weight excluding hydrogens is 267 g/mol. The van der Waals surface area contributed by atoms with E-state index in [0.717, 1.165) is 5.56 Å². The molecule has 3 nitrogen and oxygen atoms in total. The van der Waals surface area contributed by atoms with Gasteiger partial charge in [0, 0.05) is 24.0 Å². The molecule has 1 amide bonds. The Morgan fingerprint density at radius 2 is 2.21 bits per heavy atom. The number of likely N-dealkylation sites (tertiary alicyclic amines) is 1. The number of carbonyl (C=O) groups is 1. The van der Waals surface area contributed by atoms with Crippen LogP contribution < -0.4 is 5.73 Å². The lowest BCUT2D eigenvalue weighted by Crippen LogP contribution is -2.35. The van der Waals surface area contributed by atoms with Gasteiger partial charge in [-0.1, -0.05) is 31.5 Å². The summed E-state index contributed by atoms with van der Waals surface area (Å²) in [7, 11) is 0. The number of benzene rings is 1. The van der Waals surface area contributed by atoms with Gasteiger partial charge in [0.15, 0.2) is 0 Å². The van der Waals surface area contributed by atoms with E-state index in [-0.39, 0.29) is 23.8 Å². The maximum atomic E-state index is 13.1. The van der Waals surface area contributed by atoms with Crippen LogP contribution >= 0.6 is 11.6 Å². The Labute approximate surface area is 117 Å². The first-order chi connectivity index (χ1) is 8.90. The summed E-state index contributed by atoms with van der Waals surface area (Å²) in [5.41, 5.74) is 6.78. The summed E-state index contributed by atoms with van der Waals surface area (Å²) in [5.74, 6) is -0.00961. The molecule has 0 radical (unpaired) electrons. The first kappa shape index (κ1) is 14.3. The Kier molecular flexibility index (Phi) is 4.11. The summed E-state index contributed by atoms with van der Waals surface area (Å²) in [6.07, 6.45) is 0.311. The van der Waals surface area contributed by atoms with Crippen molar-refractivity contribution < 1.29 is 9.18 Å². The van der Waals surface area contributed by atoms with Gasteiger partial charge in [-0.25, -0.2) is 4.39 Å². The van der Waals surface area contributed by atoms with Crippen LogP contribution in [0.25, 0.3) is 0 Å². The lowest BCUT2D eigenvalue weighted by Gasteiger charge is -2.29. The highest BCUT2D eigenvalue weighted by atomic mass is 35.5. The third kappa shape index (κ3) is 2.90. The third-order valence-corrected chi connectivity index (χ3v) is 3.64. The van der Waals surface area contributed by atoms with Crippen LogP contribution in [0.4, 0.5) is 4.39 Å². The largest absolute Gasteiger partial charge is 0.334 e. The number of nitrogens with zero attached hydrogens (tertiary/aromatic N) is 1. The minimum Gasteiger partial charge on any atom is -0.334 e. The van der Waals surface area contributed by atoms with Crippen LogP contribution in [-0.4, -0.2) is 23.4 Å². The zero-order valence-electron chi connectivity index (χ0n) is 11.1. The summed E-state index contributed by atoms with van der Waals surface area (Å²) in [5, 5.41) is 0.323. The Hall–Kier alpha value is -1.13.